The van der Waals surface area contributed by atoms with Crippen molar-refractivity contribution in [2.24, 2.45) is 5.92 Å². The van der Waals surface area contributed by atoms with E-state index in [1.54, 1.807) is 0 Å². The Labute approximate surface area is 138 Å². The topological polar surface area (TPSA) is 33.1 Å². The van der Waals surface area contributed by atoms with Crippen LogP contribution in [-0.2, 0) is 6.54 Å². The first kappa shape index (κ1) is 17.0. The monoisotopic (exact) mass is 320 g/mol. The van der Waals surface area contributed by atoms with Gasteiger partial charge in [-0.3, -0.25) is 4.90 Å². The number of likely N-dealkylation sites (tertiary alicyclic amines) is 1. The summed E-state index contributed by atoms with van der Waals surface area (Å²) in [5.74, 6) is 0.782. The second kappa shape index (κ2) is 7.77. The van der Waals surface area contributed by atoms with Crippen LogP contribution in [0.1, 0.15) is 17.7 Å². The largest absolute Gasteiger partial charge is 0.319 e. The van der Waals surface area contributed by atoms with Gasteiger partial charge in [-0.05, 0) is 57.1 Å². The standard InChI is InChI=1S/C17H24N4.ClH/c1-14-5-3-4-6-17(14)21-16(7-9-19-21)13-20-10-8-15(12-20)11-18-2;/h3-7,9,15,18H,8,10-13H2,1-2H3;1H. The van der Waals surface area contributed by atoms with E-state index in [4.69, 9.17) is 0 Å². The van der Waals surface area contributed by atoms with Gasteiger partial charge in [0.2, 0.25) is 0 Å². The van der Waals surface area contributed by atoms with Crippen LogP contribution in [0.5, 0.6) is 0 Å². The van der Waals surface area contributed by atoms with Crippen molar-refractivity contribution in [3.05, 3.63) is 47.8 Å². The molecular weight excluding hydrogens is 296 g/mol. The predicted octanol–water partition coefficient (Wildman–Crippen LogP) is 2.64. The van der Waals surface area contributed by atoms with Crippen molar-refractivity contribution < 1.29 is 0 Å². The summed E-state index contributed by atoms with van der Waals surface area (Å²) in [6.07, 6.45) is 3.20. The molecule has 5 heteroatoms. The van der Waals surface area contributed by atoms with Gasteiger partial charge in [0.25, 0.3) is 0 Å². The number of hydrogen-bond donors (Lipinski definition) is 1. The van der Waals surface area contributed by atoms with Crippen LogP contribution in [0.25, 0.3) is 5.69 Å². The molecule has 3 rings (SSSR count). The number of benzene rings is 1. The average molecular weight is 321 g/mol. The average Bonchev–Trinajstić information content (AvgIpc) is 3.10. The number of nitrogens with zero attached hydrogens (tertiary/aromatic N) is 3. The molecule has 0 bridgehead atoms. The zero-order valence-electron chi connectivity index (χ0n) is 13.3. The molecule has 0 saturated carbocycles. The maximum absolute atomic E-state index is 4.52. The van der Waals surface area contributed by atoms with E-state index in [1.165, 1.54) is 36.5 Å². The number of aromatic nitrogens is 2. The summed E-state index contributed by atoms with van der Waals surface area (Å²) >= 11 is 0. The van der Waals surface area contributed by atoms with Crippen LogP contribution in [0.2, 0.25) is 0 Å². The second-order valence-corrected chi connectivity index (χ2v) is 5.97. The molecule has 120 valence electrons. The van der Waals surface area contributed by atoms with E-state index >= 15 is 0 Å². The molecular formula is C17H25ClN4. The van der Waals surface area contributed by atoms with Crippen LogP contribution in [0.4, 0.5) is 0 Å². The van der Waals surface area contributed by atoms with Crippen LogP contribution in [0, 0.1) is 12.8 Å². The van der Waals surface area contributed by atoms with Gasteiger partial charge in [-0.15, -0.1) is 12.4 Å². The van der Waals surface area contributed by atoms with Crippen molar-refractivity contribution in [3.63, 3.8) is 0 Å². The van der Waals surface area contributed by atoms with Crippen LogP contribution < -0.4 is 5.32 Å². The Balaban J connectivity index is 0.00000176. The molecule has 1 aliphatic heterocycles. The van der Waals surface area contributed by atoms with Crippen molar-refractivity contribution in [2.45, 2.75) is 19.9 Å². The van der Waals surface area contributed by atoms with Crippen molar-refractivity contribution in [3.8, 4) is 5.69 Å². The van der Waals surface area contributed by atoms with Gasteiger partial charge in [0.05, 0.1) is 11.4 Å². The Hall–Kier alpha value is -1.36. The van der Waals surface area contributed by atoms with Gasteiger partial charge < -0.3 is 5.32 Å². The molecule has 2 heterocycles. The fraction of sp³-hybridized carbons (Fsp3) is 0.471. The molecule has 1 N–H and O–H groups in total. The molecule has 0 amide bonds. The third kappa shape index (κ3) is 3.69. The van der Waals surface area contributed by atoms with Crippen molar-refractivity contribution in [1.29, 1.82) is 0 Å². The highest BCUT2D eigenvalue weighted by atomic mass is 35.5. The van der Waals surface area contributed by atoms with Crippen molar-refractivity contribution in [2.75, 3.05) is 26.7 Å². The first-order valence-corrected chi connectivity index (χ1v) is 7.74. The smallest absolute Gasteiger partial charge is 0.0678 e. The molecule has 0 aliphatic carbocycles. The Morgan fingerprint density at radius 2 is 2.09 bits per heavy atom. The summed E-state index contributed by atoms with van der Waals surface area (Å²) in [6, 6.07) is 10.6. The Bertz CT molecular complexity index is 596. The van der Waals surface area contributed by atoms with E-state index < -0.39 is 0 Å². The van der Waals surface area contributed by atoms with Gasteiger partial charge in [0, 0.05) is 19.3 Å². The molecule has 0 radical (unpaired) electrons. The molecule has 1 atom stereocenters. The molecule has 1 fully saturated rings. The van der Waals surface area contributed by atoms with Crippen molar-refractivity contribution >= 4 is 12.4 Å². The van der Waals surface area contributed by atoms with E-state index in [1.807, 2.05) is 13.2 Å². The third-order valence-electron chi connectivity index (χ3n) is 4.31. The lowest BCUT2D eigenvalue weighted by atomic mass is 10.1. The number of hydrogen-bond acceptors (Lipinski definition) is 3. The lowest BCUT2D eigenvalue weighted by molar-refractivity contribution is 0.308. The lowest BCUT2D eigenvalue weighted by Gasteiger charge is -2.17. The number of aryl methyl sites for hydroxylation is 1. The molecule has 1 unspecified atom stereocenters. The van der Waals surface area contributed by atoms with E-state index in [-0.39, 0.29) is 12.4 Å². The lowest BCUT2D eigenvalue weighted by Crippen LogP contribution is -2.25. The highest BCUT2D eigenvalue weighted by Gasteiger charge is 2.22. The number of halogens is 1. The summed E-state index contributed by atoms with van der Waals surface area (Å²) < 4.78 is 2.08. The highest BCUT2D eigenvalue weighted by molar-refractivity contribution is 5.85. The minimum Gasteiger partial charge on any atom is -0.319 e. The highest BCUT2D eigenvalue weighted by Crippen LogP contribution is 2.20. The Morgan fingerprint density at radius 3 is 2.86 bits per heavy atom. The molecule has 0 spiro atoms. The van der Waals surface area contributed by atoms with E-state index in [0.717, 1.165) is 19.0 Å². The first-order valence-electron chi connectivity index (χ1n) is 7.74. The molecule has 2 aromatic rings. The second-order valence-electron chi connectivity index (χ2n) is 5.97. The summed E-state index contributed by atoms with van der Waals surface area (Å²) in [6.45, 7) is 6.60. The molecule has 1 saturated heterocycles. The molecule has 1 aromatic carbocycles. The van der Waals surface area contributed by atoms with Gasteiger partial charge >= 0.3 is 0 Å². The summed E-state index contributed by atoms with van der Waals surface area (Å²) in [4.78, 5) is 2.54. The molecule has 22 heavy (non-hydrogen) atoms. The Kier molecular flexibility index (Phi) is 6.00. The number of rotatable bonds is 5. The first-order chi connectivity index (χ1) is 10.3. The fourth-order valence-electron chi connectivity index (χ4n) is 3.21. The van der Waals surface area contributed by atoms with E-state index in [0.29, 0.717) is 0 Å². The van der Waals surface area contributed by atoms with Crippen LogP contribution in [-0.4, -0.2) is 41.4 Å². The molecule has 1 aromatic heterocycles. The van der Waals surface area contributed by atoms with Gasteiger partial charge in [0.15, 0.2) is 0 Å². The van der Waals surface area contributed by atoms with Gasteiger partial charge in [-0.25, -0.2) is 4.68 Å². The summed E-state index contributed by atoms with van der Waals surface area (Å²) in [7, 11) is 2.04. The minimum atomic E-state index is 0. The Morgan fingerprint density at radius 1 is 1.27 bits per heavy atom. The fourth-order valence-corrected chi connectivity index (χ4v) is 3.21. The van der Waals surface area contributed by atoms with E-state index in [9.17, 15) is 0 Å². The maximum Gasteiger partial charge on any atom is 0.0678 e. The SMILES string of the molecule is CNCC1CCN(Cc2ccnn2-c2ccccc2C)C1.Cl. The van der Waals surface area contributed by atoms with Gasteiger partial charge in [-0.1, -0.05) is 18.2 Å². The molecule has 4 nitrogen and oxygen atoms in total. The number of para-hydroxylation sites is 1. The summed E-state index contributed by atoms with van der Waals surface area (Å²) in [5.41, 5.74) is 3.72. The van der Waals surface area contributed by atoms with Gasteiger partial charge in [0.1, 0.15) is 0 Å². The summed E-state index contributed by atoms with van der Waals surface area (Å²) in [5, 5.41) is 7.81. The molecule has 1 aliphatic rings. The zero-order chi connectivity index (χ0) is 14.7. The van der Waals surface area contributed by atoms with Gasteiger partial charge in [-0.2, -0.15) is 5.10 Å². The maximum atomic E-state index is 4.52. The minimum absolute atomic E-state index is 0. The van der Waals surface area contributed by atoms with Crippen molar-refractivity contribution in [1.82, 2.24) is 20.0 Å². The van der Waals surface area contributed by atoms with Crippen LogP contribution in [0.15, 0.2) is 36.5 Å². The van der Waals surface area contributed by atoms with Crippen LogP contribution in [0.3, 0.4) is 0 Å². The third-order valence-corrected chi connectivity index (χ3v) is 4.31. The number of nitrogens with one attached hydrogen (secondary N) is 1. The quantitative estimate of drug-likeness (QED) is 0.919. The predicted molar refractivity (Wildman–Crippen MR) is 92.9 cm³/mol. The normalized spacial score (nSPS) is 18.4. The zero-order valence-corrected chi connectivity index (χ0v) is 14.1. The van der Waals surface area contributed by atoms with E-state index in [2.05, 4.69) is 57.3 Å². The van der Waals surface area contributed by atoms with Crippen LogP contribution >= 0.6 is 12.4 Å².